The van der Waals surface area contributed by atoms with Crippen LogP contribution in [0.1, 0.15) is 80.3 Å². The van der Waals surface area contributed by atoms with Crippen LogP contribution in [0.5, 0.6) is 11.5 Å². The summed E-state index contributed by atoms with van der Waals surface area (Å²) in [6, 6.07) is 20.4. The summed E-state index contributed by atoms with van der Waals surface area (Å²) >= 11 is 0. The number of aromatic hydroxyl groups is 1. The Kier molecular flexibility index (Phi) is 14.7. The molecule has 1 spiro atoms. The van der Waals surface area contributed by atoms with Crippen LogP contribution in [0.3, 0.4) is 0 Å². The zero-order valence-electron chi connectivity index (χ0n) is 36.0. The third kappa shape index (κ3) is 11.3. The number of phenols is 1. The van der Waals surface area contributed by atoms with Crippen LogP contribution < -0.4 is 15.4 Å². The van der Waals surface area contributed by atoms with Crippen molar-refractivity contribution in [2.24, 2.45) is 0 Å². The van der Waals surface area contributed by atoms with Crippen molar-refractivity contribution in [2.45, 2.75) is 95.2 Å². The molecule has 62 heavy (non-hydrogen) atoms. The van der Waals surface area contributed by atoms with Gasteiger partial charge in [0.2, 0.25) is 11.8 Å². The molecular weight excluding hydrogens is 787 g/mol. The number of nitrogens with zero attached hydrogens (tertiary/aromatic N) is 4. The summed E-state index contributed by atoms with van der Waals surface area (Å²) in [5.41, 5.74) is 5.41. The number of carbonyl (C=O) groups excluding carboxylic acids is 3. The summed E-state index contributed by atoms with van der Waals surface area (Å²) in [4.78, 5) is 53.2. The lowest BCUT2D eigenvalue weighted by Gasteiger charge is -2.47. The van der Waals surface area contributed by atoms with Gasteiger partial charge in [-0.3, -0.25) is 19.3 Å². The molecule has 3 aliphatic heterocycles. The first-order chi connectivity index (χ1) is 30.3. The number of nitrogens with one attached hydrogen (secondary N) is 3. The third-order valence-electron chi connectivity index (χ3n) is 13.0. The third-order valence-corrected chi connectivity index (χ3v) is 13.0. The number of hydrogen-bond acceptors (Lipinski definition) is 10. The average molecular weight is 850 g/mol. The number of carbonyl (C=O) groups is 3. The lowest BCUT2D eigenvalue weighted by Crippen LogP contribution is -2.57. The van der Waals surface area contributed by atoms with Gasteiger partial charge in [-0.1, -0.05) is 61.7 Å². The van der Waals surface area contributed by atoms with Gasteiger partial charge in [-0.2, -0.15) is 0 Å². The van der Waals surface area contributed by atoms with Gasteiger partial charge >= 0.3 is 0 Å². The number of imidazole rings is 1. The summed E-state index contributed by atoms with van der Waals surface area (Å²) in [5.74, 6) is 1.41. The predicted octanol–water partition coefficient (Wildman–Crippen LogP) is 5.37. The van der Waals surface area contributed by atoms with E-state index in [1.807, 2.05) is 35.2 Å². The standard InChI is InChI=1S/C48H63N7O7/c56-41-14-13-37(47-46(41)52-43(57)33-61-47)17-22-49-23-26-55(38-9-2-1-3-10-38)45(59)19-29-60-28-18-35-7-6-8-36(31-35)32-53-24-20-48(21-25-53)34-54(27-30-62-48)44(58)16-15-42-50-39-11-4-5-12-40(39)51-42/h4-8,11-14,31,38,49,56H,1-3,9-10,15-30,32-34H2,(H,50,51)(H,52,57). The number of ether oxygens (including phenoxy) is 3. The van der Waals surface area contributed by atoms with E-state index in [2.05, 4.69) is 54.7 Å². The van der Waals surface area contributed by atoms with Crippen molar-refractivity contribution in [3.8, 4) is 11.5 Å². The quantitative estimate of drug-likeness (QED) is 0.0758. The second-order valence-electron chi connectivity index (χ2n) is 17.4. The number of phenolic OH excluding ortho intramolecular Hbond substituents is 1. The van der Waals surface area contributed by atoms with Gasteiger partial charge in [0.15, 0.2) is 12.4 Å². The zero-order valence-corrected chi connectivity index (χ0v) is 36.0. The molecule has 0 bridgehead atoms. The highest BCUT2D eigenvalue weighted by atomic mass is 16.5. The van der Waals surface area contributed by atoms with Crippen molar-refractivity contribution in [3.05, 3.63) is 83.2 Å². The number of piperidine rings is 1. The Bertz CT molecular complexity index is 2110. The molecular formula is C48H63N7O7. The number of morpholine rings is 1. The minimum absolute atomic E-state index is 0.00486. The smallest absolute Gasteiger partial charge is 0.262 e. The number of para-hydroxylation sites is 2. The maximum Gasteiger partial charge on any atom is 0.262 e. The van der Waals surface area contributed by atoms with Gasteiger partial charge in [0, 0.05) is 64.7 Å². The van der Waals surface area contributed by atoms with E-state index in [9.17, 15) is 19.5 Å². The lowest BCUT2D eigenvalue weighted by molar-refractivity contribution is -0.159. The van der Waals surface area contributed by atoms with E-state index in [0.29, 0.717) is 89.7 Å². The molecule has 3 amide bonds. The Balaban J connectivity index is 0.730. The van der Waals surface area contributed by atoms with E-state index in [4.69, 9.17) is 14.2 Å². The van der Waals surface area contributed by atoms with Gasteiger partial charge in [-0.25, -0.2) is 4.98 Å². The average Bonchev–Trinajstić information content (AvgIpc) is 3.72. The van der Waals surface area contributed by atoms with E-state index >= 15 is 0 Å². The zero-order chi connectivity index (χ0) is 42.7. The number of H-pyrrole nitrogens is 1. The molecule has 4 aliphatic rings. The molecule has 8 rings (SSSR count). The topological polar surface area (TPSA) is 162 Å². The van der Waals surface area contributed by atoms with Gasteiger partial charge in [-0.15, -0.1) is 0 Å². The molecule has 332 valence electrons. The molecule has 4 aromatic rings. The molecule has 0 radical (unpaired) electrons. The first-order valence-electron chi connectivity index (χ1n) is 22.8. The molecule has 14 nitrogen and oxygen atoms in total. The van der Waals surface area contributed by atoms with Gasteiger partial charge in [0.05, 0.1) is 42.9 Å². The van der Waals surface area contributed by atoms with Crippen LogP contribution in [0.15, 0.2) is 60.7 Å². The highest BCUT2D eigenvalue weighted by Crippen LogP contribution is 2.39. The Hall–Kier alpha value is -5.02. The summed E-state index contributed by atoms with van der Waals surface area (Å²) in [5, 5.41) is 16.4. The highest BCUT2D eigenvalue weighted by molar-refractivity contribution is 5.97. The first kappa shape index (κ1) is 43.6. The van der Waals surface area contributed by atoms with Gasteiger partial charge < -0.3 is 44.7 Å². The first-order valence-corrected chi connectivity index (χ1v) is 22.8. The number of anilines is 1. The number of aromatic amines is 1. The Labute approximate surface area is 364 Å². The van der Waals surface area contributed by atoms with Crippen LogP contribution in [-0.4, -0.2) is 131 Å². The normalized spacial score (nSPS) is 18.1. The number of rotatable bonds is 18. The van der Waals surface area contributed by atoms with Crippen molar-refractivity contribution in [1.29, 1.82) is 0 Å². The van der Waals surface area contributed by atoms with Crippen molar-refractivity contribution < 1.29 is 33.7 Å². The lowest BCUT2D eigenvalue weighted by atomic mass is 9.89. The van der Waals surface area contributed by atoms with E-state index in [0.717, 1.165) is 87.0 Å². The molecule has 1 saturated carbocycles. The molecule has 0 atom stereocenters. The minimum atomic E-state index is -0.280. The van der Waals surface area contributed by atoms with Crippen LogP contribution in [0.2, 0.25) is 0 Å². The van der Waals surface area contributed by atoms with Crippen molar-refractivity contribution in [2.75, 3.05) is 77.6 Å². The fraction of sp³-hybridized carbons (Fsp3) is 0.542. The molecule has 14 heteroatoms. The molecule has 3 aromatic carbocycles. The van der Waals surface area contributed by atoms with Crippen LogP contribution >= 0.6 is 0 Å². The Morgan fingerprint density at radius 3 is 2.63 bits per heavy atom. The molecule has 1 aromatic heterocycles. The molecule has 4 N–H and O–H groups in total. The monoisotopic (exact) mass is 849 g/mol. The van der Waals surface area contributed by atoms with Gasteiger partial charge in [-0.05, 0) is 80.0 Å². The highest BCUT2D eigenvalue weighted by Gasteiger charge is 2.41. The van der Waals surface area contributed by atoms with E-state index in [-0.39, 0.29) is 41.7 Å². The van der Waals surface area contributed by atoms with E-state index in [1.165, 1.54) is 17.5 Å². The number of aryl methyl sites for hydroxylation is 1. The second kappa shape index (κ2) is 20.9. The number of benzene rings is 3. The van der Waals surface area contributed by atoms with Crippen LogP contribution in [-0.2, 0) is 49.7 Å². The summed E-state index contributed by atoms with van der Waals surface area (Å²) in [6.45, 7) is 7.49. The predicted molar refractivity (Wildman–Crippen MR) is 237 cm³/mol. The number of likely N-dealkylation sites (tertiary alicyclic amines) is 1. The maximum absolute atomic E-state index is 13.6. The minimum Gasteiger partial charge on any atom is -0.506 e. The Morgan fingerprint density at radius 2 is 1.77 bits per heavy atom. The number of aromatic nitrogens is 2. The number of fused-ring (bicyclic) bond motifs is 2. The summed E-state index contributed by atoms with van der Waals surface area (Å²) in [7, 11) is 0. The van der Waals surface area contributed by atoms with Gasteiger partial charge in [0.25, 0.3) is 5.91 Å². The van der Waals surface area contributed by atoms with Crippen LogP contribution in [0.25, 0.3) is 11.0 Å². The fourth-order valence-corrected chi connectivity index (χ4v) is 9.59. The van der Waals surface area contributed by atoms with Crippen LogP contribution in [0, 0.1) is 0 Å². The Morgan fingerprint density at radius 1 is 0.935 bits per heavy atom. The van der Waals surface area contributed by atoms with Crippen LogP contribution in [0.4, 0.5) is 5.69 Å². The molecule has 4 heterocycles. The summed E-state index contributed by atoms with van der Waals surface area (Å²) in [6.07, 6.45) is 10.3. The van der Waals surface area contributed by atoms with Gasteiger partial charge in [0.1, 0.15) is 17.3 Å². The molecule has 3 fully saturated rings. The maximum atomic E-state index is 13.6. The fourth-order valence-electron chi connectivity index (χ4n) is 9.59. The SMILES string of the molecule is O=C1COc2c(CCNCCN(C(=O)CCOCCc3cccc(CN4CCC5(CC4)CN(C(=O)CCc4nc6ccccc6[nH]4)CCO5)c3)C3CCCCC3)ccc(O)c2N1. The van der Waals surface area contributed by atoms with Crippen molar-refractivity contribution >= 4 is 34.4 Å². The van der Waals surface area contributed by atoms with E-state index in [1.54, 1.807) is 6.07 Å². The number of hydrogen-bond donors (Lipinski definition) is 4. The number of amides is 3. The summed E-state index contributed by atoms with van der Waals surface area (Å²) < 4.78 is 18.1. The largest absolute Gasteiger partial charge is 0.506 e. The molecule has 0 unspecified atom stereocenters. The molecule has 1 aliphatic carbocycles. The van der Waals surface area contributed by atoms with E-state index < -0.39 is 0 Å². The van der Waals surface area contributed by atoms with Crippen molar-refractivity contribution in [3.63, 3.8) is 0 Å². The second-order valence-corrected chi connectivity index (χ2v) is 17.4. The molecule has 2 saturated heterocycles. The van der Waals surface area contributed by atoms with Crippen molar-refractivity contribution in [1.82, 2.24) is 30.0 Å².